The van der Waals surface area contributed by atoms with Crippen LogP contribution in [0.25, 0.3) is 0 Å². The fraction of sp³-hybridized carbons (Fsp3) is 0.600. The maximum atomic E-state index is 5.91. The molecule has 0 aromatic heterocycles. The Kier molecular flexibility index (Phi) is 5.02. The first-order chi connectivity index (χ1) is 8.34. The van der Waals surface area contributed by atoms with Crippen molar-refractivity contribution in [2.45, 2.75) is 38.1 Å². The Hall–Kier alpha value is -0.860. The summed E-state index contributed by atoms with van der Waals surface area (Å²) < 4.78 is 0. The molecular formula is C15H24N2. The zero-order valence-corrected chi connectivity index (χ0v) is 10.6. The maximum Gasteiger partial charge on any atom is 0.00390 e. The van der Waals surface area contributed by atoms with Crippen molar-refractivity contribution in [2.24, 2.45) is 11.7 Å². The summed E-state index contributed by atoms with van der Waals surface area (Å²) in [4.78, 5) is 0. The van der Waals surface area contributed by atoms with Gasteiger partial charge in [0.15, 0.2) is 0 Å². The lowest BCUT2D eigenvalue weighted by atomic mass is 9.86. The van der Waals surface area contributed by atoms with Gasteiger partial charge in [-0.25, -0.2) is 0 Å². The summed E-state index contributed by atoms with van der Waals surface area (Å²) in [5.74, 6) is 0.852. The maximum absolute atomic E-state index is 5.91. The van der Waals surface area contributed by atoms with Crippen molar-refractivity contribution in [1.82, 2.24) is 5.32 Å². The van der Waals surface area contributed by atoms with Crippen LogP contribution in [0.1, 0.15) is 31.2 Å². The molecule has 0 amide bonds. The van der Waals surface area contributed by atoms with Crippen LogP contribution in [-0.2, 0) is 6.42 Å². The van der Waals surface area contributed by atoms with E-state index in [1.165, 1.54) is 37.8 Å². The molecule has 94 valence electrons. The third-order valence-electron chi connectivity index (χ3n) is 3.76. The van der Waals surface area contributed by atoms with E-state index in [4.69, 9.17) is 5.73 Å². The highest BCUT2D eigenvalue weighted by Gasteiger charge is 2.17. The molecule has 1 saturated carbocycles. The van der Waals surface area contributed by atoms with Gasteiger partial charge in [0.1, 0.15) is 0 Å². The Bertz CT molecular complexity index is 302. The van der Waals surface area contributed by atoms with E-state index < -0.39 is 0 Å². The number of nitrogens with one attached hydrogen (secondary N) is 1. The molecule has 0 heterocycles. The van der Waals surface area contributed by atoms with Gasteiger partial charge in [-0.15, -0.1) is 0 Å². The van der Waals surface area contributed by atoms with Gasteiger partial charge < -0.3 is 11.1 Å². The molecule has 0 spiro atoms. The monoisotopic (exact) mass is 232 g/mol. The summed E-state index contributed by atoms with van der Waals surface area (Å²) >= 11 is 0. The Labute approximate surface area is 105 Å². The molecule has 3 N–H and O–H groups in total. The van der Waals surface area contributed by atoms with Gasteiger partial charge in [-0.2, -0.15) is 0 Å². The topological polar surface area (TPSA) is 38.0 Å². The lowest BCUT2D eigenvalue weighted by Gasteiger charge is -2.26. The molecule has 1 aromatic carbocycles. The van der Waals surface area contributed by atoms with Crippen LogP contribution < -0.4 is 11.1 Å². The van der Waals surface area contributed by atoms with Crippen molar-refractivity contribution in [3.63, 3.8) is 0 Å². The molecular weight excluding hydrogens is 208 g/mol. The predicted molar refractivity (Wildman–Crippen MR) is 72.9 cm³/mol. The number of hydrogen-bond acceptors (Lipinski definition) is 2. The van der Waals surface area contributed by atoms with Crippen LogP contribution in [0.5, 0.6) is 0 Å². The molecule has 0 radical (unpaired) electrons. The van der Waals surface area contributed by atoms with Crippen molar-refractivity contribution in [1.29, 1.82) is 0 Å². The number of benzene rings is 1. The van der Waals surface area contributed by atoms with E-state index >= 15 is 0 Å². The van der Waals surface area contributed by atoms with Crippen molar-refractivity contribution in [3.8, 4) is 0 Å². The van der Waals surface area contributed by atoms with Gasteiger partial charge in [0.25, 0.3) is 0 Å². The summed E-state index contributed by atoms with van der Waals surface area (Å²) in [6.45, 7) is 2.26. The van der Waals surface area contributed by atoms with E-state index in [1.807, 2.05) is 0 Å². The standard InChI is InChI=1S/C15H24N2/c16-15-8-6-14(7-9-15)12-17-11-10-13-4-2-1-3-5-13/h1-5,14-15,17H,6-12,16H2/t14-,15-. The zero-order chi connectivity index (χ0) is 11.9. The van der Waals surface area contributed by atoms with Crippen molar-refractivity contribution < 1.29 is 0 Å². The Morgan fingerprint density at radius 1 is 1.06 bits per heavy atom. The van der Waals surface area contributed by atoms with Crippen LogP contribution in [0, 0.1) is 5.92 Å². The van der Waals surface area contributed by atoms with E-state index in [-0.39, 0.29) is 0 Å². The van der Waals surface area contributed by atoms with Crippen LogP contribution >= 0.6 is 0 Å². The average molecular weight is 232 g/mol. The molecule has 0 saturated heterocycles. The molecule has 2 heteroatoms. The molecule has 2 nitrogen and oxygen atoms in total. The highest BCUT2D eigenvalue weighted by atomic mass is 14.9. The molecule has 0 unspecified atom stereocenters. The zero-order valence-electron chi connectivity index (χ0n) is 10.6. The molecule has 1 aromatic rings. The van der Waals surface area contributed by atoms with Gasteiger partial charge in [0.05, 0.1) is 0 Å². The van der Waals surface area contributed by atoms with Gasteiger partial charge in [-0.05, 0) is 56.7 Å². The van der Waals surface area contributed by atoms with Crippen molar-refractivity contribution in [3.05, 3.63) is 35.9 Å². The Morgan fingerprint density at radius 2 is 1.76 bits per heavy atom. The predicted octanol–water partition coefficient (Wildman–Crippen LogP) is 2.34. The van der Waals surface area contributed by atoms with E-state index in [9.17, 15) is 0 Å². The smallest absolute Gasteiger partial charge is 0.00390 e. The summed E-state index contributed by atoms with van der Waals surface area (Å²) in [7, 11) is 0. The van der Waals surface area contributed by atoms with Gasteiger partial charge >= 0.3 is 0 Å². The van der Waals surface area contributed by atoms with Gasteiger partial charge in [-0.3, -0.25) is 0 Å². The van der Waals surface area contributed by atoms with E-state index in [1.54, 1.807) is 0 Å². The molecule has 0 atom stereocenters. The molecule has 17 heavy (non-hydrogen) atoms. The fourth-order valence-electron chi connectivity index (χ4n) is 2.58. The minimum absolute atomic E-state index is 0.468. The molecule has 2 rings (SSSR count). The highest BCUT2D eigenvalue weighted by Crippen LogP contribution is 2.22. The summed E-state index contributed by atoms with van der Waals surface area (Å²) in [6, 6.07) is 11.1. The lowest BCUT2D eigenvalue weighted by Crippen LogP contribution is -2.32. The van der Waals surface area contributed by atoms with Crippen LogP contribution in [0.4, 0.5) is 0 Å². The molecule has 0 bridgehead atoms. The van der Waals surface area contributed by atoms with Crippen LogP contribution in [-0.4, -0.2) is 19.1 Å². The number of rotatable bonds is 5. The summed E-state index contributed by atoms with van der Waals surface area (Å²) in [6.07, 6.45) is 6.17. The number of nitrogens with two attached hydrogens (primary N) is 1. The first kappa shape index (κ1) is 12.6. The third kappa shape index (κ3) is 4.49. The minimum atomic E-state index is 0.468. The van der Waals surface area contributed by atoms with Gasteiger partial charge in [-0.1, -0.05) is 30.3 Å². The fourth-order valence-corrected chi connectivity index (χ4v) is 2.58. The van der Waals surface area contributed by atoms with Gasteiger partial charge in [0.2, 0.25) is 0 Å². The SMILES string of the molecule is N[C@H]1CC[C@H](CNCCc2ccccc2)CC1. The second kappa shape index (κ2) is 6.77. The molecule has 0 aliphatic heterocycles. The quantitative estimate of drug-likeness (QED) is 0.765. The van der Waals surface area contributed by atoms with Crippen LogP contribution in [0.2, 0.25) is 0 Å². The second-order valence-electron chi connectivity index (χ2n) is 5.22. The van der Waals surface area contributed by atoms with E-state index in [0.717, 1.165) is 18.9 Å². The Balaban J connectivity index is 1.57. The minimum Gasteiger partial charge on any atom is -0.328 e. The Morgan fingerprint density at radius 3 is 2.47 bits per heavy atom. The largest absolute Gasteiger partial charge is 0.328 e. The summed E-state index contributed by atoms with van der Waals surface area (Å²) in [5.41, 5.74) is 7.33. The summed E-state index contributed by atoms with van der Waals surface area (Å²) in [5, 5.41) is 3.58. The number of hydrogen-bond donors (Lipinski definition) is 2. The second-order valence-corrected chi connectivity index (χ2v) is 5.22. The lowest BCUT2D eigenvalue weighted by molar-refractivity contribution is 0.315. The van der Waals surface area contributed by atoms with Gasteiger partial charge in [0, 0.05) is 6.04 Å². The molecule has 1 fully saturated rings. The van der Waals surface area contributed by atoms with Crippen molar-refractivity contribution >= 4 is 0 Å². The third-order valence-corrected chi connectivity index (χ3v) is 3.76. The first-order valence-corrected chi connectivity index (χ1v) is 6.85. The molecule has 1 aliphatic rings. The first-order valence-electron chi connectivity index (χ1n) is 6.85. The van der Waals surface area contributed by atoms with Crippen LogP contribution in [0.15, 0.2) is 30.3 Å². The van der Waals surface area contributed by atoms with E-state index in [2.05, 4.69) is 35.6 Å². The average Bonchev–Trinajstić information content (AvgIpc) is 2.38. The molecule has 1 aliphatic carbocycles. The van der Waals surface area contributed by atoms with Crippen molar-refractivity contribution in [2.75, 3.05) is 13.1 Å². The van der Waals surface area contributed by atoms with Crippen LogP contribution in [0.3, 0.4) is 0 Å². The normalized spacial score (nSPS) is 24.8. The van der Waals surface area contributed by atoms with E-state index in [0.29, 0.717) is 6.04 Å². The highest BCUT2D eigenvalue weighted by molar-refractivity contribution is 5.14.